The first-order valence-electron chi connectivity index (χ1n) is 10.6. The van der Waals surface area contributed by atoms with E-state index in [1.807, 2.05) is 0 Å². The summed E-state index contributed by atoms with van der Waals surface area (Å²) in [6.07, 6.45) is -1.08. The summed E-state index contributed by atoms with van der Waals surface area (Å²) in [7, 11) is 1.24. The van der Waals surface area contributed by atoms with Gasteiger partial charge in [-0.25, -0.2) is 4.79 Å². The van der Waals surface area contributed by atoms with Crippen LogP contribution in [0.25, 0.3) is 11.0 Å². The molecule has 0 amide bonds. The predicted octanol–water partition coefficient (Wildman–Crippen LogP) is 2.73. The zero-order valence-electron chi connectivity index (χ0n) is 18.7. The van der Waals surface area contributed by atoms with Crippen molar-refractivity contribution in [2.24, 2.45) is 0 Å². The zero-order valence-corrected chi connectivity index (χ0v) is 18.7. The molecule has 178 valence electrons. The van der Waals surface area contributed by atoms with Crippen LogP contribution in [0.15, 0.2) is 22.6 Å². The molecular formula is C23H26O10. The van der Waals surface area contributed by atoms with Gasteiger partial charge in [0.1, 0.15) is 23.2 Å². The molecule has 10 heteroatoms. The molecule has 0 unspecified atom stereocenters. The van der Waals surface area contributed by atoms with Gasteiger partial charge in [0.15, 0.2) is 12.4 Å². The molecule has 1 aromatic carbocycles. The maximum atomic E-state index is 12.0. The number of methoxy groups -OCH3 is 1. The summed E-state index contributed by atoms with van der Waals surface area (Å²) in [6, 6.07) is 4.80. The number of ether oxygens (including phenoxy) is 5. The van der Waals surface area contributed by atoms with Crippen molar-refractivity contribution >= 4 is 35.2 Å². The Morgan fingerprint density at radius 3 is 2.67 bits per heavy atom. The summed E-state index contributed by atoms with van der Waals surface area (Å²) < 4.78 is 32.5. The van der Waals surface area contributed by atoms with Crippen LogP contribution in [0.1, 0.15) is 49.2 Å². The van der Waals surface area contributed by atoms with Crippen LogP contribution in [0.3, 0.4) is 0 Å². The molecule has 1 aliphatic rings. The van der Waals surface area contributed by atoms with Crippen molar-refractivity contribution in [3.8, 4) is 5.75 Å². The van der Waals surface area contributed by atoms with Crippen LogP contribution >= 0.6 is 0 Å². The summed E-state index contributed by atoms with van der Waals surface area (Å²) in [6.45, 7) is 3.29. The van der Waals surface area contributed by atoms with Gasteiger partial charge in [-0.15, -0.1) is 0 Å². The molecule has 3 rings (SSSR count). The molecule has 1 aliphatic heterocycles. The molecule has 1 saturated heterocycles. The molecule has 10 nitrogen and oxygen atoms in total. The first kappa shape index (κ1) is 24.2. The van der Waals surface area contributed by atoms with Crippen LogP contribution in [0.4, 0.5) is 0 Å². The Labute approximate surface area is 190 Å². The number of carbonyl (C=O) groups is 4. The molecule has 0 saturated carbocycles. The maximum Gasteiger partial charge on any atom is 0.335 e. The molecular weight excluding hydrogens is 436 g/mol. The molecule has 3 atom stereocenters. The Morgan fingerprint density at radius 1 is 1.21 bits per heavy atom. The quantitative estimate of drug-likeness (QED) is 0.312. The van der Waals surface area contributed by atoms with Gasteiger partial charge >= 0.3 is 17.9 Å². The first-order chi connectivity index (χ1) is 15.8. The Bertz CT molecular complexity index is 1020. The topological polar surface area (TPSA) is 128 Å². The Morgan fingerprint density at radius 2 is 2.00 bits per heavy atom. The minimum Gasteiger partial charge on any atom is -0.467 e. The highest BCUT2D eigenvalue weighted by atomic mass is 16.7. The Balaban J connectivity index is 1.84. The van der Waals surface area contributed by atoms with E-state index < -0.39 is 30.4 Å². The van der Waals surface area contributed by atoms with Gasteiger partial charge in [-0.2, -0.15) is 0 Å². The average Bonchev–Trinajstić information content (AvgIpc) is 3.22. The molecule has 0 N–H and O–H groups in total. The molecule has 0 radical (unpaired) electrons. The predicted molar refractivity (Wildman–Crippen MR) is 113 cm³/mol. The lowest BCUT2D eigenvalue weighted by molar-refractivity contribution is -0.204. The van der Waals surface area contributed by atoms with E-state index in [1.165, 1.54) is 20.1 Å². The monoisotopic (exact) mass is 462 g/mol. The number of rotatable bonds is 9. The lowest BCUT2D eigenvalue weighted by atomic mass is 10.0. The van der Waals surface area contributed by atoms with Gasteiger partial charge in [0, 0.05) is 26.2 Å². The number of aryl methyl sites for hydroxylation is 1. The number of furan rings is 1. The van der Waals surface area contributed by atoms with Crippen molar-refractivity contribution in [3.05, 3.63) is 29.5 Å². The minimum atomic E-state index is -0.965. The van der Waals surface area contributed by atoms with E-state index in [9.17, 15) is 19.2 Å². The fourth-order valence-electron chi connectivity index (χ4n) is 3.62. The second-order valence-corrected chi connectivity index (χ2v) is 7.43. The second kappa shape index (κ2) is 11.0. The number of benzene rings is 1. The smallest absolute Gasteiger partial charge is 0.335 e. The van der Waals surface area contributed by atoms with Crippen LogP contribution in [0.2, 0.25) is 0 Å². The summed E-state index contributed by atoms with van der Waals surface area (Å²) in [5.74, 6) is -0.619. The van der Waals surface area contributed by atoms with Crippen molar-refractivity contribution in [3.63, 3.8) is 0 Å². The van der Waals surface area contributed by atoms with Crippen LogP contribution in [0.5, 0.6) is 5.75 Å². The second-order valence-electron chi connectivity index (χ2n) is 7.43. The van der Waals surface area contributed by atoms with Crippen LogP contribution < -0.4 is 4.74 Å². The van der Waals surface area contributed by atoms with E-state index in [-0.39, 0.29) is 38.3 Å². The normalized spacial score (nSPS) is 20.2. The maximum absolute atomic E-state index is 12.0. The standard InChI is InChI=1S/C23H26O10/c1-4-29-20(26)8-6-15-9-17-18(7-5-14(12-24)22(17)31-15)32-21-11-16(30-13(2)25)10-19(33-21)23(27)28-3/h5,7,9,12,16,19,21H,4,6,8,10-11H2,1-3H3/t16-,19-,21+/m0/s1. The fraction of sp³-hybridized carbons (Fsp3) is 0.478. The number of aldehydes is 1. The molecule has 0 aliphatic carbocycles. The van der Waals surface area contributed by atoms with E-state index in [4.69, 9.17) is 28.1 Å². The molecule has 2 heterocycles. The van der Waals surface area contributed by atoms with Gasteiger partial charge in [-0.3, -0.25) is 14.4 Å². The lowest BCUT2D eigenvalue weighted by Crippen LogP contribution is -2.44. The van der Waals surface area contributed by atoms with Gasteiger partial charge < -0.3 is 28.1 Å². The van der Waals surface area contributed by atoms with Gasteiger partial charge in [0.25, 0.3) is 0 Å². The van der Waals surface area contributed by atoms with Crippen LogP contribution in [-0.2, 0) is 39.8 Å². The Kier molecular flexibility index (Phi) is 8.05. The number of fused-ring (bicyclic) bond motifs is 1. The fourth-order valence-corrected chi connectivity index (χ4v) is 3.62. The third kappa shape index (κ3) is 6.10. The van der Waals surface area contributed by atoms with E-state index in [1.54, 1.807) is 19.1 Å². The highest BCUT2D eigenvalue weighted by molar-refractivity contribution is 5.98. The van der Waals surface area contributed by atoms with E-state index in [2.05, 4.69) is 0 Å². The molecule has 0 spiro atoms. The number of hydrogen-bond acceptors (Lipinski definition) is 10. The number of hydrogen-bond donors (Lipinski definition) is 0. The number of carbonyl (C=O) groups excluding carboxylic acids is 4. The molecule has 2 aromatic rings. The largest absolute Gasteiger partial charge is 0.467 e. The summed E-state index contributed by atoms with van der Waals surface area (Å²) in [4.78, 5) is 46.6. The van der Waals surface area contributed by atoms with Gasteiger partial charge in [0.2, 0.25) is 6.29 Å². The Hall–Kier alpha value is -3.40. The third-order valence-electron chi connectivity index (χ3n) is 5.04. The molecule has 1 fully saturated rings. The van der Waals surface area contributed by atoms with Crippen LogP contribution in [0, 0.1) is 0 Å². The van der Waals surface area contributed by atoms with Crippen molar-refractivity contribution in [2.75, 3.05) is 13.7 Å². The molecule has 0 bridgehead atoms. The van der Waals surface area contributed by atoms with Crippen molar-refractivity contribution < 1.29 is 47.3 Å². The van der Waals surface area contributed by atoms with Gasteiger partial charge in [0.05, 0.1) is 31.1 Å². The summed E-state index contributed by atoms with van der Waals surface area (Å²) in [5, 5.41) is 0.506. The van der Waals surface area contributed by atoms with Crippen molar-refractivity contribution in [2.45, 2.75) is 58.0 Å². The van der Waals surface area contributed by atoms with E-state index >= 15 is 0 Å². The minimum absolute atomic E-state index is 0.122. The first-order valence-corrected chi connectivity index (χ1v) is 10.6. The van der Waals surface area contributed by atoms with E-state index in [0.717, 1.165) is 0 Å². The average molecular weight is 462 g/mol. The SMILES string of the molecule is CCOC(=O)CCc1cc2c(O[C@H]3C[C@@H](OC(C)=O)C[C@@H](C(=O)OC)O3)ccc(C=O)c2o1. The zero-order chi connectivity index (χ0) is 24.0. The lowest BCUT2D eigenvalue weighted by Gasteiger charge is -2.33. The van der Waals surface area contributed by atoms with Crippen molar-refractivity contribution in [1.29, 1.82) is 0 Å². The number of esters is 3. The highest BCUT2D eigenvalue weighted by Crippen LogP contribution is 2.34. The highest BCUT2D eigenvalue weighted by Gasteiger charge is 2.37. The summed E-state index contributed by atoms with van der Waals surface area (Å²) in [5.41, 5.74) is 0.618. The van der Waals surface area contributed by atoms with Gasteiger partial charge in [-0.1, -0.05) is 0 Å². The molecule has 33 heavy (non-hydrogen) atoms. The van der Waals surface area contributed by atoms with Crippen molar-refractivity contribution in [1.82, 2.24) is 0 Å². The summed E-state index contributed by atoms with van der Waals surface area (Å²) >= 11 is 0. The van der Waals surface area contributed by atoms with Crippen LogP contribution in [-0.4, -0.2) is 56.4 Å². The van der Waals surface area contributed by atoms with E-state index in [0.29, 0.717) is 34.3 Å². The molecule has 1 aromatic heterocycles. The van der Waals surface area contributed by atoms with Gasteiger partial charge in [-0.05, 0) is 25.1 Å². The third-order valence-corrected chi connectivity index (χ3v) is 5.04.